The van der Waals surface area contributed by atoms with Crippen LogP contribution in [-0.4, -0.2) is 41.6 Å². The van der Waals surface area contributed by atoms with Gasteiger partial charge in [-0.3, -0.25) is 9.59 Å². The van der Waals surface area contributed by atoms with Gasteiger partial charge in [0.05, 0.1) is 12.7 Å². The molecular weight excluding hydrogens is 248 g/mol. The Balaban J connectivity index is 2.28. The van der Waals surface area contributed by atoms with Gasteiger partial charge in [-0.25, -0.2) is 0 Å². The Labute approximate surface area is 110 Å². The maximum Gasteiger partial charge on any atom is 0.323 e. The maximum atomic E-state index is 12.4. The predicted octanol–water partition coefficient (Wildman–Crippen LogP) is 0.967. The molecule has 0 saturated heterocycles. The lowest BCUT2D eigenvalue weighted by Crippen LogP contribution is -2.37. The summed E-state index contributed by atoms with van der Waals surface area (Å²) in [7, 11) is 1.45. The Morgan fingerprint density at radius 2 is 2.16 bits per heavy atom. The van der Waals surface area contributed by atoms with Crippen molar-refractivity contribution in [1.82, 2.24) is 4.90 Å². The summed E-state index contributed by atoms with van der Waals surface area (Å²) in [5.74, 6) is -0.988. The zero-order valence-corrected chi connectivity index (χ0v) is 10.6. The van der Waals surface area contributed by atoms with E-state index in [-0.39, 0.29) is 18.5 Å². The molecule has 6 heteroatoms. The molecule has 0 bridgehead atoms. The second kappa shape index (κ2) is 5.17. The fourth-order valence-corrected chi connectivity index (χ4v) is 1.94. The normalized spacial score (nSPS) is 13.9. The van der Waals surface area contributed by atoms with Crippen LogP contribution in [-0.2, 0) is 4.79 Å². The molecule has 102 valence electrons. The molecule has 2 rings (SSSR count). The van der Waals surface area contributed by atoms with Crippen LogP contribution >= 0.6 is 0 Å². The van der Waals surface area contributed by atoms with Gasteiger partial charge >= 0.3 is 5.97 Å². The molecule has 3 N–H and O–H groups in total. The third-order valence-electron chi connectivity index (χ3n) is 3.01. The number of aliphatic carboxylic acids is 1. The first-order chi connectivity index (χ1) is 9.02. The molecule has 1 amide bonds. The lowest BCUT2D eigenvalue weighted by atomic mass is 10.1. The van der Waals surface area contributed by atoms with E-state index in [1.54, 1.807) is 18.2 Å². The van der Waals surface area contributed by atoms with Crippen LogP contribution in [0.5, 0.6) is 5.75 Å². The first-order valence-electron chi connectivity index (χ1n) is 5.99. The highest BCUT2D eigenvalue weighted by Gasteiger charge is 2.35. The molecule has 1 aliphatic carbocycles. The minimum absolute atomic E-state index is 0.0193. The van der Waals surface area contributed by atoms with E-state index in [1.807, 2.05) is 0 Å². The van der Waals surface area contributed by atoms with Crippen molar-refractivity contribution in [2.75, 3.05) is 19.4 Å². The topological polar surface area (TPSA) is 92.9 Å². The average Bonchev–Trinajstić information content (AvgIpc) is 3.19. The fraction of sp³-hybridized carbons (Fsp3) is 0.385. The third-order valence-corrected chi connectivity index (χ3v) is 3.01. The quantitative estimate of drug-likeness (QED) is 0.773. The van der Waals surface area contributed by atoms with E-state index in [2.05, 4.69) is 0 Å². The summed E-state index contributed by atoms with van der Waals surface area (Å²) < 4.78 is 5.13. The van der Waals surface area contributed by atoms with Gasteiger partial charge in [0.25, 0.3) is 5.91 Å². The molecule has 6 nitrogen and oxygen atoms in total. The smallest absolute Gasteiger partial charge is 0.323 e. The molecule has 0 aliphatic heterocycles. The van der Waals surface area contributed by atoms with Gasteiger partial charge in [0.1, 0.15) is 12.3 Å². The van der Waals surface area contributed by atoms with Gasteiger partial charge in [0.2, 0.25) is 0 Å². The highest BCUT2D eigenvalue weighted by molar-refractivity contribution is 5.99. The lowest BCUT2D eigenvalue weighted by molar-refractivity contribution is -0.137. The van der Waals surface area contributed by atoms with Gasteiger partial charge in [-0.2, -0.15) is 0 Å². The van der Waals surface area contributed by atoms with E-state index < -0.39 is 5.97 Å². The summed E-state index contributed by atoms with van der Waals surface area (Å²) >= 11 is 0. The highest BCUT2D eigenvalue weighted by Crippen LogP contribution is 2.30. The van der Waals surface area contributed by atoms with Gasteiger partial charge < -0.3 is 20.5 Å². The summed E-state index contributed by atoms with van der Waals surface area (Å²) in [5.41, 5.74) is 6.46. The van der Waals surface area contributed by atoms with Crippen molar-refractivity contribution >= 4 is 17.6 Å². The molecule has 0 aromatic heterocycles. The molecule has 0 spiro atoms. The number of ether oxygens (including phenoxy) is 1. The Bertz CT molecular complexity index is 511. The van der Waals surface area contributed by atoms with Crippen molar-refractivity contribution in [1.29, 1.82) is 0 Å². The Hall–Kier alpha value is -2.24. The van der Waals surface area contributed by atoms with Gasteiger partial charge in [0.15, 0.2) is 0 Å². The number of carbonyl (C=O) groups is 2. The summed E-state index contributed by atoms with van der Waals surface area (Å²) in [6, 6.07) is 4.74. The third kappa shape index (κ3) is 2.96. The van der Waals surface area contributed by atoms with Crippen molar-refractivity contribution in [3.63, 3.8) is 0 Å². The highest BCUT2D eigenvalue weighted by atomic mass is 16.5. The molecule has 1 saturated carbocycles. The SMILES string of the molecule is COc1cc(N)ccc1C(=O)N(CC(=O)O)C1CC1. The number of nitrogens with zero attached hydrogens (tertiary/aromatic N) is 1. The number of rotatable bonds is 5. The number of benzene rings is 1. The minimum Gasteiger partial charge on any atom is -0.496 e. The van der Waals surface area contributed by atoms with Crippen LogP contribution in [0.4, 0.5) is 5.69 Å². The molecule has 0 heterocycles. The zero-order chi connectivity index (χ0) is 14.0. The summed E-state index contributed by atoms with van der Waals surface area (Å²) in [6.07, 6.45) is 1.69. The predicted molar refractivity (Wildman–Crippen MR) is 69.1 cm³/mol. The van der Waals surface area contributed by atoms with Gasteiger partial charge in [0, 0.05) is 17.8 Å². The number of hydrogen-bond donors (Lipinski definition) is 2. The second-order valence-electron chi connectivity index (χ2n) is 4.52. The number of nitrogens with two attached hydrogens (primary N) is 1. The lowest BCUT2D eigenvalue weighted by Gasteiger charge is -2.21. The molecular formula is C13H16N2O4. The van der Waals surface area contributed by atoms with Crippen molar-refractivity contribution in [3.8, 4) is 5.75 Å². The molecule has 0 radical (unpaired) electrons. The van der Waals surface area contributed by atoms with Crippen molar-refractivity contribution in [2.45, 2.75) is 18.9 Å². The number of carbonyl (C=O) groups excluding carboxylic acids is 1. The Kier molecular flexibility index (Phi) is 3.59. The molecule has 1 aromatic carbocycles. The molecule has 0 unspecified atom stereocenters. The first kappa shape index (κ1) is 13.2. The summed E-state index contributed by atoms with van der Waals surface area (Å²) in [4.78, 5) is 24.6. The number of nitrogen functional groups attached to an aromatic ring is 1. The monoisotopic (exact) mass is 264 g/mol. The number of methoxy groups -OCH3 is 1. The van der Waals surface area contributed by atoms with Gasteiger partial charge in [-0.05, 0) is 25.0 Å². The van der Waals surface area contributed by atoms with Crippen LogP contribution in [0.2, 0.25) is 0 Å². The molecule has 0 atom stereocenters. The minimum atomic E-state index is -1.02. The molecule has 1 aromatic rings. The number of amides is 1. The molecule has 19 heavy (non-hydrogen) atoms. The maximum absolute atomic E-state index is 12.4. The molecule has 1 fully saturated rings. The van der Waals surface area contributed by atoms with Crippen LogP contribution < -0.4 is 10.5 Å². The van der Waals surface area contributed by atoms with Gasteiger partial charge in [-0.1, -0.05) is 0 Å². The Morgan fingerprint density at radius 3 is 2.68 bits per heavy atom. The summed E-state index contributed by atoms with van der Waals surface area (Å²) in [6.45, 7) is -0.295. The van der Waals surface area contributed by atoms with Gasteiger partial charge in [-0.15, -0.1) is 0 Å². The Morgan fingerprint density at radius 1 is 1.47 bits per heavy atom. The van der Waals surface area contributed by atoms with Crippen LogP contribution in [0.3, 0.4) is 0 Å². The number of hydrogen-bond acceptors (Lipinski definition) is 4. The van der Waals surface area contributed by atoms with E-state index in [9.17, 15) is 9.59 Å². The van der Waals surface area contributed by atoms with Crippen molar-refractivity contribution in [2.24, 2.45) is 0 Å². The first-order valence-corrected chi connectivity index (χ1v) is 5.99. The fourth-order valence-electron chi connectivity index (χ4n) is 1.94. The van der Waals surface area contributed by atoms with E-state index in [0.717, 1.165) is 12.8 Å². The van der Waals surface area contributed by atoms with E-state index in [4.69, 9.17) is 15.6 Å². The van der Waals surface area contributed by atoms with Crippen LogP contribution in [0.15, 0.2) is 18.2 Å². The van der Waals surface area contributed by atoms with Crippen LogP contribution in [0.25, 0.3) is 0 Å². The van der Waals surface area contributed by atoms with Crippen molar-refractivity contribution < 1.29 is 19.4 Å². The second-order valence-corrected chi connectivity index (χ2v) is 4.52. The van der Waals surface area contributed by atoms with Crippen molar-refractivity contribution in [3.05, 3.63) is 23.8 Å². The van der Waals surface area contributed by atoms with E-state index >= 15 is 0 Å². The number of carboxylic acids is 1. The summed E-state index contributed by atoms with van der Waals surface area (Å²) in [5, 5.41) is 8.88. The standard InChI is InChI=1S/C13H16N2O4/c1-19-11-6-8(14)2-5-10(11)13(18)15(7-12(16)17)9-3-4-9/h2,5-6,9H,3-4,7,14H2,1H3,(H,16,17). The van der Waals surface area contributed by atoms with Crippen LogP contribution in [0, 0.1) is 0 Å². The van der Waals surface area contributed by atoms with E-state index in [0.29, 0.717) is 17.0 Å². The largest absolute Gasteiger partial charge is 0.496 e. The number of anilines is 1. The van der Waals surface area contributed by atoms with Crippen LogP contribution in [0.1, 0.15) is 23.2 Å². The number of carboxylic acid groups (broad SMARTS) is 1. The average molecular weight is 264 g/mol. The van der Waals surface area contributed by atoms with E-state index in [1.165, 1.54) is 12.0 Å². The zero-order valence-electron chi connectivity index (χ0n) is 10.6. The molecule has 1 aliphatic rings.